The maximum Gasteiger partial charge on any atom is 0.347 e. The Morgan fingerprint density at radius 1 is 1.73 bits per heavy atom. The number of nitrogens with zero attached hydrogens (tertiary/aromatic N) is 2. The fourth-order valence-electron chi connectivity index (χ4n) is 0.640. The van der Waals surface area contributed by atoms with Crippen molar-refractivity contribution in [3.63, 3.8) is 0 Å². The summed E-state index contributed by atoms with van der Waals surface area (Å²) in [5.74, 6) is 0. The van der Waals surface area contributed by atoms with Gasteiger partial charge in [0.2, 0.25) is 0 Å². The zero-order valence-corrected chi connectivity index (χ0v) is 7.11. The van der Waals surface area contributed by atoms with Crippen LogP contribution in [0.1, 0.15) is 0 Å². The lowest BCUT2D eigenvalue weighted by Crippen LogP contribution is -2.22. The molecule has 11 heavy (non-hydrogen) atoms. The van der Waals surface area contributed by atoms with Crippen LogP contribution in [0.2, 0.25) is 0 Å². The van der Waals surface area contributed by atoms with Gasteiger partial charge in [0.1, 0.15) is 6.29 Å². The Kier molecular flexibility index (Phi) is 2.53. The third kappa shape index (κ3) is 1.98. The summed E-state index contributed by atoms with van der Waals surface area (Å²) in [6, 6.07) is 0. The number of carbonyl (C=O) groups is 1. The van der Waals surface area contributed by atoms with Crippen LogP contribution in [0.15, 0.2) is 21.7 Å². The summed E-state index contributed by atoms with van der Waals surface area (Å²) in [4.78, 5) is 24.4. The fourth-order valence-corrected chi connectivity index (χ4v) is 0.989. The highest BCUT2D eigenvalue weighted by Gasteiger charge is 1.95. The second-order valence-corrected chi connectivity index (χ2v) is 2.79. The average Bonchev–Trinajstić information content (AvgIpc) is 1.98. The standard InChI is InChI=1S/C6H5BrN2O2/c7-5-3-8-6(11)9(4-5)1-2-10/h2-4H,1H2. The van der Waals surface area contributed by atoms with Crippen LogP contribution in [0, 0.1) is 0 Å². The molecule has 0 fully saturated rings. The molecule has 0 aliphatic rings. The molecule has 58 valence electrons. The average molecular weight is 217 g/mol. The van der Waals surface area contributed by atoms with E-state index >= 15 is 0 Å². The van der Waals surface area contributed by atoms with Crippen molar-refractivity contribution in [1.82, 2.24) is 9.55 Å². The van der Waals surface area contributed by atoms with Crippen LogP contribution in [0.5, 0.6) is 0 Å². The predicted octanol–water partition coefficient (Wildman–Crippen LogP) is 0.205. The Labute approximate surface area is 71.0 Å². The van der Waals surface area contributed by atoms with E-state index in [9.17, 15) is 9.59 Å². The van der Waals surface area contributed by atoms with Crippen molar-refractivity contribution in [2.45, 2.75) is 6.54 Å². The fraction of sp³-hybridized carbons (Fsp3) is 0.167. The van der Waals surface area contributed by atoms with E-state index in [2.05, 4.69) is 20.9 Å². The summed E-state index contributed by atoms with van der Waals surface area (Å²) < 4.78 is 1.90. The molecule has 0 atom stereocenters. The van der Waals surface area contributed by atoms with E-state index in [1.54, 1.807) is 0 Å². The molecule has 1 aromatic heterocycles. The van der Waals surface area contributed by atoms with Crippen molar-refractivity contribution < 1.29 is 4.79 Å². The Bertz CT molecular complexity index is 321. The van der Waals surface area contributed by atoms with Gasteiger partial charge in [-0.3, -0.25) is 4.57 Å². The molecule has 0 spiro atoms. The number of carbonyl (C=O) groups excluding carboxylic acids is 1. The lowest BCUT2D eigenvalue weighted by molar-refractivity contribution is -0.108. The van der Waals surface area contributed by atoms with E-state index in [0.717, 1.165) is 0 Å². The molecule has 0 saturated heterocycles. The van der Waals surface area contributed by atoms with Gasteiger partial charge in [-0.15, -0.1) is 0 Å². The molecule has 4 nitrogen and oxygen atoms in total. The molecular formula is C6H5BrN2O2. The molecule has 0 radical (unpaired) electrons. The van der Waals surface area contributed by atoms with Crippen molar-refractivity contribution in [2.24, 2.45) is 0 Å². The van der Waals surface area contributed by atoms with Gasteiger partial charge in [-0.05, 0) is 15.9 Å². The highest BCUT2D eigenvalue weighted by molar-refractivity contribution is 9.10. The molecule has 0 aliphatic carbocycles. The Balaban J connectivity index is 3.12. The first-order chi connectivity index (χ1) is 5.24. The number of aldehydes is 1. The SMILES string of the molecule is O=CCn1cc(Br)cnc1=O. The molecular weight excluding hydrogens is 212 g/mol. The molecule has 0 bridgehead atoms. The topological polar surface area (TPSA) is 52.0 Å². The van der Waals surface area contributed by atoms with Crippen molar-refractivity contribution in [1.29, 1.82) is 0 Å². The molecule has 1 rings (SSSR count). The van der Waals surface area contributed by atoms with Crippen LogP contribution in [0.4, 0.5) is 0 Å². The van der Waals surface area contributed by atoms with E-state index in [1.165, 1.54) is 17.0 Å². The van der Waals surface area contributed by atoms with E-state index in [0.29, 0.717) is 10.8 Å². The smallest absolute Gasteiger partial charge is 0.301 e. The second kappa shape index (κ2) is 3.43. The number of hydrogen-bond acceptors (Lipinski definition) is 3. The maximum absolute atomic E-state index is 10.8. The minimum Gasteiger partial charge on any atom is -0.301 e. The monoisotopic (exact) mass is 216 g/mol. The van der Waals surface area contributed by atoms with Crippen LogP contribution >= 0.6 is 15.9 Å². The zero-order chi connectivity index (χ0) is 8.27. The molecule has 0 aromatic carbocycles. The van der Waals surface area contributed by atoms with Gasteiger partial charge < -0.3 is 4.79 Å². The third-order valence-corrected chi connectivity index (χ3v) is 1.50. The Morgan fingerprint density at radius 3 is 3.09 bits per heavy atom. The molecule has 0 N–H and O–H groups in total. The van der Waals surface area contributed by atoms with E-state index in [4.69, 9.17) is 0 Å². The molecule has 0 aliphatic heterocycles. The Hall–Kier alpha value is -0.970. The lowest BCUT2D eigenvalue weighted by atomic mass is 10.6. The third-order valence-electron chi connectivity index (χ3n) is 1.09. The summed E-state index contributed by atoms with van der Waals surface area (Å²) in [5.41, 5.74) is -0.416. The van der Waals surface area contributed by atoms with E-state index in [-0.39, 0.29) is 6.54 Å². The van der Waals surface area contributed by atoms with Crippen LogP contribution in [-0.4, -0.2) is 15.8 Å². The molecule has 0 amide bonds. The molecule has 1 aromatic rings. The highest BCUT2D eigenvalue weighted by atomic mass is 79.9. The molecule has 5 heteroatoms. The van der Waals surface area contributed by atoms with Crippen molar-refractivity contribution >= 4 is 22.2 Å². The van der Waals surface area contributed by atoms with Crippen molar-refractivity contribution in [2.75, 3.05) is 0 Å². The van der Waals surface area contributed by atoms with Crippen molar-refractivity contribution in [3.8, 4) is 0 Å². The molecule has 0 saturated carbocycles. The van der Waals surface area contributed by atoms with Crippen LogP contribution in [0.3, 0.4) is 0 Å². The van der Waals surface area contributed by atoms with Gasteiger partial charge in [0.25, 0.3) is 0 Å². The number of halogens is 1. The molecule has 0 unspecified atom stereocenters. The first-order valence-corrected chi connectivity index (χ1v) is 3.69. The van der Waals surface area contributed by atoms with Gasteiger partial charge in [-0.2, -0.15) is 0 Å². The highest BCUT2D eigenvalue weighted by Crippen LogP contribution is 2.02. The summed E-state index contributed by atoms with van der Waals surface area (Å²) >= 11 is 3.13. The van der Waals surface area contributed by atoms with Crippen LogP contribution < -0.4 is 5.69 Å². The van der Waals surface area contributed by atoms with E-state index in [1.807, 2.05) is 0 Å². The summed E-state index contributed by atoms with van der Waals surface area (Å²) in [6.45, 7) is 0.0469. The first kappa shape index (κ1) is 8.13. The van der Waals surface area contributed by atoms with Crippen LogP contribution in [-0.2, 0) is 11.3 Å². The summed E-state index contributed by atoms with van der Waals surface area (Å²) in [7, 11) is 0. The van der Waals surface area contributed by atoms with E-state index < -0.39 is 5.69 Å². The zero-order valence-electron chi connectivity index (χ0n) is 5.53. The Morgan fingerprint density at radius 2 is 2.45 bits per heavy atom. The van der Waals surface area contributed by atoms with Gasteiger partial charge in [-0.1, -0.05) is 0 Å². The second-order valence-electron chi connectivity index (χ2n) is 1.87. The van der Waals surface area contributed by atoms with Gasteiger partial charge in [-0.25, -0.2) is 9.78 Å². The lowest BCUT2D eigenvalue weighted by Gasteiger charge is -1.97. The minimum atomic E-state index is -0.416. The van der Waals surface area contributed by atoms with Crippen LogP contribution in [0.25, 0.3) is 0 Å². The number of aromatic nitrogens is 2. The quantitative estimate of drug-likeness (QED) is 0.665. The molecule has 1 heterocycles. The number of hydrogen-bond donors (Lipinski definition) is 0. The maximum atomic E-state index is 10.8. The summed E-state index contributed by atoms with van der Waals surface area (Å²) in [5, 5.41) is 0. The summed E-state index contributed by atoms with van der Waals surface area (Å²) in [6.07, 6.45) is 3.56. The van der Waals surface area contributed by atoms with Gasteiger partial charge >= 0.3 is 5.69 Å². The minimum absolute atomic E-state index is 0.0469. The first-order valence-electron chi connectivity index (χ1n) is 2.89. The van der Waals surface area contributed by atoms with Gasteiger partial charge in [0.15, 0.2) is 0 Å². The predicted molar refractivity (Wildman–Crippen MR) is 42.3 cm³/mol. The van der Waals surface area contributed by atoms with Crippen molar-refractivity contribution in [3.05, 3.63) is 27.4 Å². The number of rotatable bonds is 2. The van der Waals surface area contributed by atoms with Gasteiger partial charge in [0.05, 0.1) is 11.0 Å². The largest absolute Gasteiger partial charge is 0.347 e. The van der Waals surface area contributed by atoms with Gasteiger partial charge in [0, 0.05) is 12.4 Å². The normalized spacial score (nSPS) is 9.55.